The summed E-state index contributed by atoms with van der Waals surface area (Å²) >= 11 is 0. The molecule has 3 heterocycles. The van der Waals surface area contributed by atoms with Crippen LogP contribution >= 0.6 is 0 Å². The number of carbonyl (C=O) groups excluding carboxylic acids is 1. The lowest BCUT2D eigenvalue weighted by atomic mass is 9.95. The van der Waals surface area contributed by atoms with E-state index in [0.717, 1.165) is 22.3 Å². The van der Waals surface area contributed by atoms with Crippen molar-refractivity contribution in [3.8, 4) is 11.9 Å². The van der Waals surface area contributed by atoms with Gasteiger partial charge in [0.25, 0.3) is 0 Å². The van der Waals surface area contributed by atoms with Gasteiger partial charge in [-0.2, -0.15) is 5.26 Å². The summed E-state index contributed by atoms with van der Waals surface area (Å²) < 4.78 is 6.64. The van der Waals surface area contributed by atoms with Crippen molar-refractivity contribution in [3.63, 3.8) is 0 Å². The Bertz CT molecular complexity index is 1190. The third-order valence-electron chi connectivity index (χ3n) is 5.48. The zero-order valence-electron chi connectivity index (χ0n) is 17.5. The van der Waals surface area contributed by atoms with Crippen molar-refractivity contribution >= 4 is 5.97 Å². The molecule has 0 fully saturated rings. The number of fused-ring (bicyclic) bond motifs is 1. The summed E-state index contributed by atoms with van der Waals surface area (Å²) in [6, 6.07) is 7.43. The number of aryl methyl sites for hydroxylation is 2. The second-order valence-electron chi connectivity index (χ2n) is 7.55. The Hall–Kier alpha value is -3.61. The molecule has 0 saturated carbocycles. The van der Waals surface area contributed by atoms with Crippen molar-refractivity contribution in [1.29, 1.82) is 5.26 Å². The van der Waals surface area contributed by atoms with E-state index in [1.807, 2.05) is 13.8 Å². The zero-order valence-corrected chi connectivity index (χ0v) is 17.5. The molecule has 9 heteroatoms. The molecule has 0 unspecified atom stereocenters. The van der Waals surface area contributed by atoms with Crippen LogP contribution in [0.3, 0.4) is 0 Å². The molecule has 31 heavy (non-hydrogen) atoms. The third kappa shape index (κ3) is 3.91. The highest BCUT2D eigenvalue weighted by atomic mass is 16.5. The molecule has 0 radical (unpaired) electrons. The molecule has 1 aliphatic rings. The van der Waals surface area contributed by atoms with E-state index in [1.54, 1.807) is 36.0 Å². The molecule has 4 rings (SSSR count). The molecule has 2 N–H and O–H groups in total. The number of hydrogen-bond acceptors (Lipinski definition) is 8. The number of hydrogen-bond donors (Lipinski definition) is 2. The SMILES string of the molecule is Cc1cc(-n2cc(CNC[C@H](O)c3ccc4c(c3C)COC4=O)nn2)nc(C)c1C#N. The minimum absolute atomic E-state index is 0.249. The molecule has 1 atom stereocenters. The molecule has 3 aromatic rings. The molecule has 158 valence electrons. The van der Waals surface area contributed by atoms with Crippen molar-refractivity contribution in [2.75, 3.05) is 6.54 Å². The highest BCUT2D eigenvalue weighted by Crippen LogP contribution is 2.28. The number of rotatable bonds is 6. The van der Waals surface area contributed by atoms with E-state index >= 15 is 0 Å². The average Bonchev–Trinajstić information content (AvgIpc) is 3.35. The maximum atomic E-state index is 11.7. The summed E-state index contributed by atoms with van der Waals surface area (Å²) in [5.41, 5.74) is 5.79. The van der Waals surface area contributed by atoms with Gasteiger partial charge in [0.2, 0.25) is 0 Å². The third-order valence-corrected chi connectivity index (χ3v) is 5.48. The fourth-order valence-electron chi connectivity index (χ4n) is 3.76. The van der Waals surface area contributed by atoms with Gasteiger partial charge in [-0.15, -0.1) is 5.10 Å². The fraction of sp³-hybridized carbons (Fsp3) is 0.318. The molecule has 2 aromatic heterocycles. The highest BCUT2D eigenvalue weighted by molar-refractivity contribution is 5.93. The monoisotopic (exact) mass is 418 g/mol. The summed E-state index contributed by atoms with van der Waals surface area (Å²) in [5, 5.41) is 31.2. The average molecular weight is 418 g/mol. The van der Waals surface area contributed by atoms with E-state index in [1.165, 1.54) is 0 Å². The van der Waals surface area contributed by atoms with Crippen LogP contribution in [0, 0.1) is 32.1 Å². The maximum absolute atomic E-state index is 11.7. The number of nitrogens with zero attached hydrogens (tertiary/aromatic N) is 5. The smallest absolute Gasteiger partial charge is 0.338 e. The van der Waals surface area contributed by atoms with E-state index in [0.29, 0.717) is 41.4 Å². The Morgan fingerprint density at radius 3 is 2.90 bits per heavy atom. The van der Waals surface area contributed by atoms with Gasteiger partial charge in [0, 0.05) is 18.7 Å². The first kappa shape index (κ1) is 20.7. The van der Waals surface area contributed by atoms with Crippen LogP contribution in [-0.2, 0) is 17.9 Å². The number of benzene rings is 1. The van der Waals surface area contributed by atoms with Crippen LogP contribution in [0.4, 0.5) is 0 Å². The Morgan fingerprint density at radius 1 is 1.35 bits per heavy atom. The maximum Gasteiger partial charge on any atom is 0.338 e. The number of nitrogens with one attached hydrogen (secondary N) is 1. The molecular weight excluding hydrogens is 396 g/mol. The summed E-state index contributed by atoms with van der Waals surface area (Å²) in [4.78, 5) is 16.1. The van der Waals surface area contributed by atoms with Crippen molar-refractivity contribution in [1.82, 2.24) is 25.3 Å². The number of esters is 1. The fourth-order valence-corrected chi connectivity index (χ4v) is 3.76. The Labute approximate surface area is 179 Å². The van der Waals surface area contributed by atoms with E-state index in [2.05, 4.69) is 26.7 Å². The number of carbonyl (C=O) groups is 1. The van der Waals surface area contributed by atoms with Crippen molar-refractivity contribution in [3.05, 3.63) is 69.2 Å². The van der Waals surface area contributed by atoms with Crippen LogP contribution in [0.25, 0.3) is 5.82 Å². The predicted octanol–water partition coefficient (Wildman–Crippen LogP) is 1.95. The van der Waals surface area contributed by atoms with Gasteiger partial charge in [-0.3, -0.25) is 0 Å². The Morgan fingerprint density at radius 2 is 2.16 bits per heavy atom. The molecule has 9 nitrogen and oxygen atoms in total. The molecule has 0 aliphatic carbocycles. The first-order valence-electron chi connectivity index (χ1n) is 9.87. The molecule has 0 saturated heterocycles. The van der Waals surface area contributed by atoms with Crippen LogP contribution in [0.5, 0.6) is 0 Å². The summed E-state index contributed by atoms with van der Waals surface area (Å²) in [7, 11) is 0. The van der Waals surface area contributed by atoms with Crippen molar-refractivity contribution in [2.24, 2.45) is 0 Å². The number of cyclic esters (lactones) is 1. The van der Waals surface area contributed by atoms with Gasteiger partial charge >= 0.3 is 5.97 Å². The Balaban J connectivity index is 1.40. The zero-order chi connectivity index (χ0) is 22.1. The van der Waals surface area contributed by atoms with Crippen LogP contribution < -0.4 is 5.32 Å². The van der Waals surface area contributed by atoms with E-state index < -0.39 is 6.10 Å². The second-order valence-corrected chi connectivity index (χ2v) is 7.55. The van der Waals surface area contributed by atoms with Gasteiger partial charge in [-0.1, -0.05) is 11.3 Å². The van der Waals surface area contributed by atoms with Crippen LogP contribution in [-0.4, -0.2) is 37.6 Å². The number of nitriles is 1. The summed E-state index contributed by atoms with van der Waals surface area (Å²) in [5.74, 6) is 0.279. The van der Waals surface area contributed by atoms with Crippen LogP contribution in [0.2, 0.25) is 0 Å². The topological polar surface area (TPSA) is 126 Å². The number of pyridine rings is 1. The van der Waals surface area contributed by atoms with Gasteiger partial charge in [-0.05, 0) is 49.6 Å². The Kier molecular flexibility index (Phi) is 5.50. The van der Waals surface area contributed by atoms with E-state index in [-0.39, 0.29) is 12.6 Å². The quantitative estimate of drug-likeness (QED) is 0.582. The van der Waals surface area contributed by atoms with Gasteiger partial charge in [0.15, 0.2) is 5.82 Å². The number of ether oxygens (including phenoxy) is 1. The van der Waals surface area contributed by atoms with Gasteiger partial charge in [0.05, 0.1) is 34.8 Å². The van der Waals surface area contributed by atoms with Gasteiger partial charge < -0.3 is 15.2 Å². The molecule has 0 bridgehead atoms. The molecule has 0 spiro atoms. The molecule has 0 amide bonds. The second kappa shape index (κ2) is 8.26. The number of aliphatic hydroxyl groups excluding tert-OH is 1. The lowest BCUT2D eigenvalue weighted by Gasteiger charge is -2.16. The summed E-state index contributed by atoms with van der Waals surface area (Å²) in [6.07, 6.45) is 1.03. The standard InChI is InChI=1S/C22H22N6O3/c1-12-6-21(25-14(3)18(12)7-23)28-10-15(26-27-28)8-24-9-20(29)16-4-5-17-19(13(16)2)11-31-22(17)30/h4-6,10,20,24,29H,8-9,11H2,1-3H3/t20-/m0/s1. The minimum Gasteiger partial charge on any atom is -0.457 e. The van der Waals surface area contributed by atoms with E-state index in [9.17, 15) is 15.2 Å². The highest BCUT2D eigenvalue weighted by Gasteiger charge is 2.25. The molecular formula is C22H22N6O3. The molecule has 1 aliphatic heterocycles. The molecule has 1 aromatic carbocycles. The van der Waals surface area contributed by atoms with Crippen LogP contribution in [0.15, 0.2) is 24.4 Å². The normalized spacial score (nSPS) is 13.6. The lowest BCUT2D eigenvalue weighted by molar-refractivity contribution is 0.0535. The van der Waals surface area contributed by atoms with Gasteiger partial charge in [0.1, 0.15) is 12.7 Å². The largest absolute Gasteiger partial charge is 0.457 e. The predicted molar refractivity (Wildman–Crippen MR) is 110 cm³/mol. The first-order chi connectivity index (χ1) is 14.9. The van der Waals surface area contributed by atoms with E-state index in [4.69, 9.17) is 4.74 Å². The summed E-state index contributed by atoms with van der Waals surface area (Å²) in [6.45, 7) is 6.52. The number of aromatic nitrogens is 4. The minimum atomic E-state index is -0.735. The lowest BCUT2D eigenvalue weighted by Crippen LogP contribution is -2.22. The van der Waals surface area contributed by atoms with Gasteiger partial charge in [-0.25, -0.2) is 14.5 Å². The van der Waals surface area contributed by atoms with Crippen molar-refractivity contribution in [2.45, 2.75) is 40.0 Å². The number of aliphatic hydroxyl groups is 1. The van der Waals surface area contributed by atoms with Crippen molar-refractivity contribution < 1.29 is 14.6 Å². The first-order valence-corrected chi connectivity index (χ1v) is 9.87. The van der Waals surface area contributed by atoms with Crippen LogP contribution in [0.1, 0.15) is 55.7 Å².